The van der Waals surface area contributed by atoms with Crippen molar-refractivity contribution in [2.75, 3.05) is 42.4 Å². The third kappa shape index (κ3) is 16.8. The van der Waals surface area contributed by atoms with E-state index >= 15 is 0 Å². The van der Waals surface area contributed by atoms with Gasteiger partial charge in [0.05, 0.1) is 13.2 Å². The number of hydrazine groups is 1. The molecule has 2 fully saturated rings. The molecule has 1 aromatic rings. The van der Waals surface area contributed by atoms with Crippen molar-refractivity contribution in [3.63, 3.8) is 0 Å². The van der Waals surface area contributed by atoms with Crippen LogP contribution in [0.15, 0.2) is 0 Å². The number of nitrogens with zero attached hydrogens (tertiary/aromatic N) is 5. The van der Waals surface area contributed by atoms with Crippen LogP contribution in [0, 0.1) is 11.8 Å². The number of nitrogen functional groups attached to an aromatic ring is 1. The van der Waals surface area contributed by atoms with Crippen molar-refractivity contribution in [2.45, 2.75) is 233 Å². The van der Waals surface area contributed by atoms with Crippen LogP contribution in [0.5, 0.6) is 0 Å². The highest BCUT2D eigenvalue weighted by molar-refractivity contribution is 5.41. The van der Waals surface area contributed by atoms with Gasteiger partial charge in [-0.2, -0.15) is 25.1 Å². The molecule has 3 rings (SSSR count). The molecule has 0 amide bonds. The number of hydrogen-bond acceptors (Lipinski definition) is 11. The summed E-state index contributed by atoms with van der Waals surface area (Å²) in [5.74, 6) is 8.61. The van der Waals surface area contributed by atoms with Crippen molar-refractivity contribution in [2.24, 2.45) is 17.7 Å². The summed E-state index contributed by atoms with van der Waals surface area (Å²) in [4.78, 5) is 26.5. The lowest BCUT2D eigenvalue weighted by Gasteiger charge is -2.54. The smallest absolute Gasteiger partial charge is 0.243 e. The summed E-state index contributed by atoms with van der Waals surface area (Å²) in [7, 11) is 0. The molecule has 3 heterocycles. The number of nitrogens with one attached hydrogen (secondary N) is 3. The Balaban J connectivity index is 1.34. The summed E-state index contributed by atoms with van der Waals surface area (Å²) in [6.07, 6.45) is 27.0. The Labute approximate surface area is 344 Å². The van der Waals surface area contributed by atoms with Crippen LogP contribution in [0.4, 0.5) is 17.8 Å². The van der Waals surface area contributed by atoms with E-state index in [0.717, 1.165) is 77.7 Å². The van der Waals surface area contributed by atoms with Crippen molar-refractivity contribution in [3.8, 4) is 0 Å². The zero-order valence-corrected chi connectivity index (χ0v) is 38.2. The molecule has 5 N–H and O–H groups in total. The quantitative estimate of drug-likeness (QED) is 0.0352. The van der Waals surface area contributed by atoms with Crippen molar-refractivity contribution in [3.05, 3.63) is 0 Å². The standard InChI is InChI=1S/C45H89N9O2/c1-11-13-15-17-19-25-31-55-53-42(3,4)33-37(34-43(53,5)6)27-21-23-29-47-39-49-40(51-41(50-39)52-46)48-30-24-22-28-38-35-44(7,8)54(45(9,10)36-38)56-32-26-20-18-16-14-12-2/h37-38H,11-36,46H2,1-10H3,(H3,47,48,49,50,51,52). The molecular weight excluding hydrogens is 699 g/mol. The fraction of sp³-hybridized carbons (Fsp3) is 0.933. The van der Waals surface area contributed by atoms with Gasteiger partial charge in [0.2, 0.25) is 17.8 Å². The van der Waals surface area contributed by atoms with Crippen molar-refractivity contribution in [1.82, 2.24) is 25.1 Å². The number of piperidine rings is 2. The largest absolute Gasteiger partial charge is 0.354 e. The van der Waals surface area contributed by atoms with Gasteiger partial charge in [0.15, 0.2) is 0 Å². The van der Waals surface area contributed by atoms with Gasteiger partial charge in [-0.3, -0.25) is 15.1 Å². The minimum Gasteiger partial charge on any atom is -0.354 e. The molecule has 0 unspecified atom stereocenters. The number of anilines is 3. The van der Waals surface area contributed by atoms with Gasteiger partial charge in [-0.15, -0.1) is 0 Å². The lowest BCUT2D eigenvalue weighted by atomic mass is 9.73. The van der Waals surface area contributed by atoms with Gasteiger partial charge >= 0.3 is 0 Å². The molecule has 326 valence electrons. The number of nitrogens with two attached hydrogens (primary N) is 1. The summed E-state index contributed by atoms with van der Waals surface area (Å²) in [6.45, 7) is 26.7. The fourth-order valence-electron chi connectivity index (χ4n) is 10.2. The maximum Gasteiger partial charge on any atom is 0.243 e. The Morgan fingerprint density at radius 1 is 0.500 bits per heavy atom. The lowest BCUT2D eigenvalue weighted by molar-refractivity contribution is -0.288. The first-order chi connectivity index (χ1) is 26.6. The Hall–Kier alpha value is -1.79. The van der Waals surface area contributed by atoms with Crippen LogP contribution in [-0.2, 0) is 9.68 Å². The van der Waals surface area contributed by atoms with E-state index in [0.29, 0.717) is 29.7 Å². The monoisotopic (exact) mass is 788 g/mol. The lowest BCUT2D eigenvalue weighted by Crippen LogP contribution is -2.60. The third-order valence-corrected chi connectivity index (χ3v) is 12.2. The number of hydrogen-bond donors (Lipinski definition) is 4. The zero-order valence-electron chi connectivity index (χ0n) is 38.2. The number of aromatic nitrogens is 3. The van der Waals surface area contributed by atoms with Crippen molar-refractivity contribution < 1.29 is 9.68 Å². The Morgan fingerprint density at radius 2 is 0.839 bits per heavy atom. The molecule has 0 bridgehead atoms. The van der Waals surface area contributed by atoms with Crippen LogP contribution in [0.1, 0.15) is 210 Å². The normalized spacial score (nSPS) is 20.0. The SMILES string of the molecule is CCCCCCCCON1C(C)(C)CC(CCCCNc2nc(NN)nc(NCCCCC3CC(C)(C)N(OCCCCCCCC)C(C)(C)C3)n2)CC1(C)C. The average molecular weight is 788 g/mol. The number of rotatable bonds is 29. The first kappa shape index (κ1) is 48.6. The van der Waals surface area contributed by atoms with E-state index in [-0.39, 0.29) is 22.2 Å². The highest BCUT2D eigenvalue weighted by Gasteiger charge is 2.47. The van der Waals surface area contributed by atoms with E-state index in [1.165, 1.54) is 89.9 Å². The second kappa shape index (κ2) is 24.3. The first-order valence-corrected chi connectivity index (χ1v) is 23.2. The number of unbranched alkanes of at least 4 members (excludes halogenated alkanes) is 12. The Morgan fingerprint density at radius 3 is 1.20 bits per heavy atom. The summed E-state index contributed by atoms with van der Waals surface area (Å²) >= 11 is 0. The van der Waals surface area contributed by atoms with Crippen LogP contribution in [0.25, 0.3) is 0 Å². The fourth-order valence-corrected chi connectivity index (χ4v) is 10.2. The molecule has 2 aliphatic heterocycles. The van der Waals surface area contributed by atoms with Crippen molar-refractivity contribution >= 4 is 17.8 Å². The van der Waals surface area contributed by atoms with Crippen LogP contribution >= 0.6 is 0 Å². The van der Waals surface area contributed by atoms with Crippen LogP contribution in [0.3, 0.4) is 0 Å². The average Bonchev–Trinajstić information content (AvgIpc) is 3.11. The van der Waals surface area contributed by atoms with E-state index in [2.05, 4.69) is 110 Å². The molecule has 0 aromatic carbocycles. The Bertz CT molecular complexity index is 1090. The second-order valence-corrected chi connectivity index (χ2v) is 19.9. The molecular formula is C45H89N9O2. The van der Waals surface area contributed by atoms with E-state index in [4.69, 9.17) is 15.5 Å². The van der Waals surface area contributed by atoms with Gasteiger partial charge in [0.25, 0.3) is 0 Å². The van der Waals surface area contributed by atoms with Crippen molar-refractivity contribution in [1.29, 1.82) is 0 Å². The molecule has 56 heavy (non-hydrogen) atoms. The van der Waals surface area contributed by atoms with Gasteiger partial charge in [-0.25, -0.2) is 5.84 Å². The zero-order chi connectivity index (χ0) is 41.1. The molecule has 0 saturated carbocycles. The van der Waals surface area contributed by atoms with E-state index in [1.54, 1.807) is 0 Å². The predicted molar refractivity (Wildman–Crippen MR) is 236 cm³/mol. The first-order valence-electron chi connectivity index (χ1n) is 23.2. The number of hydroxylamine groups is 4. The molecule has 2 aliphatic rings. The van der Waals surface area contributed by atoms with Gasteiger partial charge in [-0.05, 0) is 119 Å². The van der Waals surface area contributed by atoms with Gasteiger partial charge in [0.1, 0.15) is 0 Å². The van der Waals surface area contributed by atoms with Gasteiger partial charge in [-0.1, -0.05) is 104 Å². The maximum atomic E-state index is 6.47. The van der Waals surface area contributed by atoms with Gasteiger partial charge < -0.3 is 10.6 Å². The third-order valence-electron chi connectivity index (χ3n) is 12.2. The highest BCUT2D eigenvalue weighted by atomic mass is 16.7. The van der Waals surface area contributed by atoms with Crippen LogP contribution in [0.2, 0.25) is 0 Å². The molecule has 0 aliphatic carbocycles. The summed E-state index contributed by atoms with van der Waals surface area (Å²) in [5, 5.41) is 11.5. The summed E-state index contributed by atoms with van der Waals surface area (Å²) in [6, 6.07) is 0. The summed E-state index contributed by atoms with van der Waals surface area (Å²) in [5.41, 5.74) is 2.73. The van der Waals surface area contributed by atoms with E-state index < -0.39 is 0 Å². The molecule has 0 radical (unpaired) electrons. The molecule has 1 aromatic heterocycles. The van der Waals surface area contributed by atoms with Crippen LogP contribution in [-0.4, -0.2) is 73.5 Å². The predicted octanol–water partition coefficient (Wildman–Crippen LogP) is 11.4. The van der Waals surface area contributed by atoms with E-state index in [9.17, 15) is 0 Å². The van der Waals surface area contributed by atoms with Crippen LogP contribution < -0.4 is 21.9 Å². The van der Waals surface area contributed by atoms with E-state index in [1.807, 2.05) is 0 Å². The molecule has 0 spiro atoms. The minimum atomic E-state index is 0.0281. The molecule has 11 heteroatoms. The maximum absolute atomic E-state index is 6.47. The topological polar surface area (TPSA) is 126 Å². The second-order valence-electron chi connectivity index (χ2n) is 19.9. The molecule has 11 nitrogen and oxygen atoms in total. The minimum absolute atomic E-state index is 0.0281. The highest BCUT2D eigenvalue weighted by Crippen LogP contribution is 2.44. The molecule has 2 saturated heterocycles. The molecule has 0 atom stereocenters. The van der Waals surface area contributed by atoms with Gasteiger partial charge in [0, 0.05) is 35.2 Å². The Kier molecular flexibility index (Phi) is 21.1. The summed E-state index contributed by atoms with van der Waals surface area (Å²) < 4.78 is 0.